The van der Waals surface area contributed by atoms with Crippen LogP contribution in [0, 0.1) is 0 Å². The fourth-order valence-corrected chi connectivity index (χ4v) is 1.91. The minimum atomic E-state index is -0.268. The predicted molar refractivity (Wildman–Crippen MR) is 80.5 cm³/mol. The number of hydrogen-bond acceptors (Lipinski definition) is 3. The van der Waals surface area contributed by atoms with Gasteiger partial charge in [-0.3, -0.25) is 9.59 Å². The molecule has 0 fully saturated rings. The van der Waals surface area contributed by atoms with Crippen molar-refractivity contribution in [2.45, 2.75) is 26.8 Å². The molecule has 110 valence electrons. The Kier molecular flexibility index (Phi) is 4.37. The molecule has 0 atom stereocenters. The summed E-state index contributed by atoms with van der Waals surface area (Å²) in [6.07, 6.45) is 1.45. The van der Waals surface area contributed by atoms with Crippen LogP contribution in [0.1, 0.15) is 31.1 Å². The van der Waals surface area contributed by atoms with Crippen LogP contribution in [-0.4, -0.2) is 27.6 Å². The molecule has 0 spiro atoms. The molecule has 2 aromatic rings. The van der Waals surface area contributed by atoms with Crippen LogP contribution in [0.2, 0.25) is 0 Å². The standard InChI is InChI=1S/C15H18N4O2/c1-10(2)17-15(21)13-9-16-19(14(13)18-11(3)20)12-7-5-4-6-8-12/h4-10H,1-3H3,(H,17,21)(H,18,20). The number of rotatable bonds is 4. The molecule has 0 saturated carbocycles. The number of anilines is 1. The van der Waals surface area contributed by atoms with Crippen molar-refractivity contribution in [1.82, 2.24) is 15.1 Å². The summed E-state index contributed by atoms with van der Waals surface area (Å²) in [6, 6.07) is 9.32. The zero-order valence-corrected chi connectivity index (χ0v) is 12.3. The van der Waals surface area contributed by atoms with Gasteiger partial charge >= 0.3 is 0 Å². The van der Waals surface area contributed by atoms with Crippen LogP contribution in [0.25, 0.3) is 5.69 Å². The van der Waals surface area contributed by atoms with Crippen LogP contribution in [0.15, 0.2) is 36.5 Å². The van der Waals surface area contributed by atoms with E-state index in [0.717, 1.165) is 5.69 Å². The maximum absolute atomic E-state index is 12.2. The van der Waals surface area contributed by atoms with Crippen molar-refractivity contribution in [2.24, 2.45) is 0 Å². The van der Waals surface area contributed by atoms with Gasteiger partial charge in [0.25, 0.3) is 5.91 Å². The van der Waals surface area contributed by atoms with E-state index in [1.54, 1.807) is 0 Å². The quantitative estimate of drug-likeness (QED) is 0.902. The van der Waals surface area contributed by atoms with Gasteiger partial charge in [0, 0.05) is 13.0 Å². The molecule has 2 amide bonds. The van der Waals surface area contributed by atoms with Crippen molar-refractivity contribution in [2.75, 3.05) is 5.32 Å². The number of nitrogens with zero attached hydrogens (tertiary/aromatic N) is 2. The van der Waals surface area contributed by atoms with Crippen LogP contribution in [0.3, 0.4) is 0 Å². The van der Waals surface area contributed by atoms with Crippen LogP contribution < -0.4 is 10.6 Å². The Morgan fingerprint density at radius 1 is 1.19 bits per heavy atom. The normalized spacial score (nSPS) is 10.5. The number of para-hydroxylation sites is 1. The summed E-state index contributed by atoms with van der Waals surface area (Å²) < 4.78 is 1.54. The third-order valence-corrected chi connectivity index (χ3v) is 2.73. The molecule has 0 bridgehead atoms. The first-order valence-corrected chi connectivity index (χ1v) is 6.71. The predicted octanol–water partition coefficient (Wildman–Crippen LogP) is 1.97. The van der Waals surface area contributed by atoms with Crippen LogP contribution in [-0.2, 0) is 4.79 Å². The molecule has 21 heavy (non-hydrogen) atoms. The van der Waals surface area contributed by atoms with E-state index >= 15 is 0 Å². The van der Waals surface area contributed by atoms with E-state index < -0.39 is 0 Å². The Morgan fingerprint density at radius 2 is 1.86 bits per heavy atom. The molecule has 1 heterocycles. The second-order valence-electron chi connectivity index (χ2n) is 4.96. The summed E-state index contributed by atoms with van der Waals surface area (Å²) >= 11 is 0. The highest BCUT2D eigenvalue weighted by Crippen LogP contribution is 2.20. The van der Waals surface area contributed by atoms with E-state index in [-0.39, 0.29) is 17.9 Å². The molecule has 2 N–H and O–H groups in total. The average Bonchev–Trinajstić information content (AvgIpc) is 2.82. The first-order chi connectivity index (χ1) is 9.99. The second-order valence-corrected chi connectivity index (χ2v) is 4.96. The molecule has 6 nitrogen and oxygen atoms in total. The van der Waals surface area contributed by atoms with Crippen LogP contribution in [0.5, 0.6) is 0 Å². The molecular formula is C15H18N4O2. The number of carbonyl (C=O) groups excluding carboxylic acids is 2. The van der Waals surface area contributed by atoms with Crippen molar-refractivity contribution in [3.8, 4) is 5.69 Å². The molecule has 0 unspecified atom stereocenters. The maximum Gasteiger partial charge on any atom is 0.256 e. The topological polar surface area (TPSA) is 76.0 Å². The first-order valence-electron chi connectivity index (χ1n) is 6.71. The second kappa shape index (κ2) is 6.21. The van der Waals surface area contributed by atoms with E-state index in [2.05, 4.69) is 15.7 Å². The molecule has 0 aliphatic heterocycles. The van der Waals surface area contributed by atoms with E-state index in [1.165, 1.54) is 17.8 Å². The van der Waals surface area contributed by atoms with Crippen molar-refractivity contribution in [3.63, 3.8) is 0 Å². The minimum Gasteiger partial charge on any atom is -0.350 e. The van der Waals surface area contributed by atoms with E-state index in [1.807, 2.05) is 44.2 Å². The van der Waals surface area contributed by atoms with Gasteiger partial charge in [0.15, 0.2) is 0 Å². The lowest BCUT2D eigenvalue weighted by atomic mass is 10.2. The molecule has 1 aromatic heterocycles. The van der Waals surface area contributed by atoms with Gasteiger partial charge in [-0.1, -0.05) is 18.2 Å². The van der Waals surface area contributed by atoms with Crippen LogP contribution in [0.4, 0.5) is 5.82 Å². The van der Waals surface area contributed by atoms with Crippen molar-refractivity contribution in [3.05, 3.63) is 42.1 Å². The van der Waals surface area contributed by atoms with Crippen molar-refractivity contribution in [1.29, 1.82) is 0 Å². The molecule has 0 aliphatic rings. The van der Waals surface area contributed by atoms with Gasteiger partial charge < -0.3 is 10.6 Å². The van der Waals surface area contributed by atoms with Gasteiger partial charge in [-0.05, 0) is 26.0 Å². The van der Waals surface area contributed by atoms with E-state index in [4.69, 9.17) is 0 Å². The largest absolute Gasteiger partial charge is 0.350 e. The lowest BCUT2D eigenvalue weighted by Crippen LogP contribution is -2.30. The number of benzene rings is 1. The van der Waals surface area contributed by atoms with Gasteiger partial charge in [0.2, 0.25) is 5.91 Å². The Balaban J connectivity index is 2.45. The Hall–Kier alpha value is -2.63. The maximum atomic E-state index is 12.2. The molecule has 6 heteroatoms. The minimum absolute atomic E-state index is 0.00255. The molecule has 2 rings (SSSR count). The molecule has 0 radical (unpaired) electrons. The number of nitrogens with one attached hydrogen (secondary N) is 2. The Bertz CT molecular complexity index is 647. The van der Waals surface area contributed by atoms with E-state index in [0.29, 0.717) is 11.4 Å². The smallest absolute Gasteiger partial charge is 0.256 e. The third kappa shape index (κ3) is 3.47. The zero-order chi connectivity index (χ0) is 15.4. The highest BCUT2D eigenvalue weighted by atomic mass is 16.2. The summed E-state index contributed by atoms with van der Waals surface area (Å²) in [4.78, 5) is 23.6. The number of aromatic nitrogens is 2. The molecule has 0 saturated heterocycles. The molecular weight excluding hydrogens is 268 g/mol. The summed E-state index contributed by atoms with van der Waals surface area (Å²) in [6.45, 7) is 5.14. The third-order valence-electron chi connectivity index (χ3n) is 2.73. The first kappa shape index (κ1) is 14.8. The summed E-state index contributed by atoms with van der Waals surface area (Å²) in [5.74, 6) is -0.158. The van der Waals surface area contributed by atoms with Crippen LogP contribution >= 0.6 is 0 Å². The number of amides is 2. The average molecular weight is 286 g/mol. The van der Waals surface area contributed by atoms with Gasteiger partial charge in [-0.15, -0.1) is 0 Å². The lowest BCUT2D eigenvalue weighted by molar-refractivity contribution is -0.114. The zero-order valence-electron chi connectivity index (χ0n) is 12.3. The van der Waals surface area contributed by atoms with Crippen molar-refractivity contribution < 1.29 is 9.59 Å². The van der Waals surface area contributed by atoms with Gasteiger partial charge in [-0.2, -0.15) is 5.10 Å². The van der Waals surface area contributed by atoms with Gasteiger partial charge in [0.1, 0.15) is 11.4 Å². The van der Waals surface area contributed by atoms with Crippen molar-refractivity contribution >= 4 is 17.6 Å². The fraction of sp³-hybridized carbons (Fsp3) is 0.267. The highest BCUT2D eigenvalue weighted by Gasteiger charge is 2.19. The van der Waals surface area contributed by atoms with Gasteiger partial charge in [0.05, 0.1) is 11.9 Å². The fourth-order valence-electron chi connectivity index (χ4n) is 1.91. The summed E-state index contributed by atoms with van der Waals surface area (Å²) in [7, 11) is 0. The lowest BCUT2D eigenvalue weighted by Gasteiger charge is -2.11. The molecule has 1 aromatic carbocycles. The Labute approximate surface area is 123 Å². The number of hydrogen-bond donors (Lipinski definition) is 2. The Morgan fingerprint density at radius 3 is 2.43 bits per heavy atom. The SMILES string of the molecule is CC(=O)Nc1c(C(=O)NC(C)C)cnn1-c1ccccc1. The van der Waals surface area contributed by atoms with Gasteiger partial charge in [-0.25, -0.2) is 4.68 Å². The number of carbonyl (C=O) groups is 2. The highest BCUT2D eigenvalue weighted by molar-refractivity contribution is 6.02. The summed E-state index contributed by atoms with van der Waals surface area (Å²) in [5.41, 5.74) is 1.10. The summed E-state index contributed by atoms with van der Waals surface area (Å²) in [5, 5.41) is 9.68. The monoisotopic (exact) mass is 286 g/mol. The van der Waals surface area contributed by atoms with E-state index in [9.17, 15) is 9.59 Å². The molecule has 0 aliphatic carbocycles.